The van der Waals surface area contributed by atoms with E-state index in [9.17, 15) is 0 Å². The van der Waals surface area contributed by atoms with Gasteiger partial charge < -0.3 is 10.6 Å². The van der Waals surface area contributed by atoms with Crippen molar-refractivity contribution in [1.82, 2.24) is 4.90 Å². The van der Waals surface area contributed by atoms with Crippen LogP contribution in [-0.2, 0) is 0 Å². The van der Waals surface area contributed by atoms with Crippen LogP contribution in [0.5, 0.6) is 0 Å². The number of unbranched alkanes of at least 4 members (excludes halogenated alkanes) is 1. The van der Waals surface area contributed by atoms with Crippen LogP contribution in [-0.4, -0.2) is 25.0 Å². The molecule has 2 nitrogen and oxygen atoms in total. The van der Waals surface area contributed by atoms with Crippen LogP contribution in [0.4, 0.5) is 0 Å². The second kappa shape index (κ2) is 6.66. The Morgan fingerprint density at radius 2 is 1.88 bits per heavy atom. The van der Waals surface area contributed by atoms with E-state index in [0.29, 0.717) is 0 Å². The summed E-state index contributed by atoms with van der Waals surface area (Å²) in [6.07, 6.45) is 2.49. The number of nitrogens with zero attached hydrogens (tertiary/aromatic N) is 1. The molecule has 2 heteroatoms. The minimum absolute atomic E-state index is 0.127. The molecule has 16 heavy (non-hydrogen) atoms. The lowest BCUT2D eigenvalue weighted by atomic mass is 10.1. The minimum Gasteiger partial charge on any atom is -0.323 e. The van der Waals surface area contributed by atoms with E-state index in [-0.39, 0.29) is 6.04 Å². The van der Waals surface area contributed by atoms with Crippen LogP contribution in [0, 0.1) is 6.92 Å². The van der Waals surface area contributed by atoms with Crippen molar-refractivity contribution in [3.63, 3.8) is 0 Å². The highest BCUT2D eigenvalue weighted by atomic mass is 15.1. The van der Waals surface area contributed by atoms with Gasteiger partial charge in [0.25, 0.3) is 0 Å². The predicted molar refractivity (Wildman–Crippen MR) is 70.5 cm³/mol. The summed E-state index contributed by atoms with van der Waals surface area (Å²) in [5, 5.41) is 0. The topological polar surface area (TPSA) is 29.3 Å². The summed E-state index contributed by atoms with van der Waals surface area (Å²) in [6.45, 7) is 6.38. The highest BCUT2D eigenvalue weighted by molar-refractivity contribution is 5.24. The van der Waals surface area contributed by atoms with E-state index in [2.05, 4.69) is 50.1 Å². The van der Waals surface area contributed by atoms with Crippen molar-refractivity contribution in [2.45, 2.75) is 32.7 Å². The van der Waals surface area contributed by atoms with Gasteiger partial charge in [0, 0.05) is 12.6 Å². The zero-order valence-corrected chi connectivity index (χ0v) is 10.7. The zero-order chi connectivity index (χ0) is 12.0. The molecule has 90 valence electrons. The largest absolute Gasteiger partial charge is 0.323 e. The molecule has 0 radical (unpaired) electrons. The standard InChI is InChI=1S/C14H24N2/c1-4-5-10-16(3)11-14(15)13-8-6-12(2)7-9-13/h6-9,14H,4-5,10-11,15H2,1-3H3. The number of nitrogens with two attached hydrogens (primary N) is 1. The summed E-state index contributed by atoms with van der Waals surface area (Å²) in [4.78, 5) is 2.31. The van der Waals surface area contributed by atoms with Gasteiger partial charge in [0.05, 0.1) is 0 Å². The van der Waals surface area contributed by atoms with Crippen molar-refractivity contribution in [3.05, 3.63) is 35.4 Å². The van der Waals surface area contributed by atoms with Crippen LogP contribution < -0.4 is 5.73 Å². The second-order valence-corrected chi connectivity index (χ2v) is 4.63. The molecule has 1 unspecified atom stereocenters. The van der Waals surface area contributed by atoms with E-state index < -0.39 is 0 Å². The molecule has 0 fully saturated rings. The number of hydrogen-bond donors (Lipinski definition) is 1. The van der Waals surface area contributed by atoms with E-state index >= 15 is 0 Å². The third kappa shape index (κ3) is 4.33. The van der Waals surface area contributed by atoms with Crippen molar-refractivity contribution in [2.24, 2.45) is 5.73 Å². The van der Waals surface area contributed by atoms with Crippen LogP contribution in [0.1, 0.15) is 36.9 Å². The van der Waals surface area contributed by atoms with Gasteiger partial charge in [0.1, 0.15) is 0 Å². The molecule has 0 amide bonds. The summed E-state index contributed by atoms with van der Waals surface area (Å²) >= 11 is 0. The van der Waals surface area contributed by atoms with Crippen LogP contribution >= 0.6 is 0 Å². The fraction of sp³-hybridized carbons (Fsp3) is 0.571. The Hall–Kier alpha value is -0.860. The molecule has 0 saturated heterocycles. The molecule has 0 heterocycles. The quantitative estimate of drug-likeness (QED) is 0.798. The van der Waals surface area contributed by atoms with Gasteiger partial charge in [-0.1, -0.05) is 43.2 Å². The zero-order valence-electron chi connectivity index (χ0n) is 10.7. The summed E-state index contributed by atoms with van der Waals surface area (Å²) in [7, 11) is 2.14. The highest BCUT2D eigenvalue weighted by Crippen LogP contribution is 2.12. The van der Waals surface area contributed by atoms with Crippen molar-refractivity contribution in [2.75, 3.05) is 20.1 Å². The molecule has 1 atom stereocenters. The van der Waals surface area contributed by atoms with Gasteiger partial charge in [0.2, 0.25) is 0 Å². The molecule has 0 aliphatic heterocycles. The van der Waals surface area contributed by atoms with Gasteiger partial charge >= 0.3 is 0 Å². The minimum atomic E-state index is 0.127. The average Bonchev–Trinajstić information content (AvgIpc) is 2.27. The molecule has 0 aliphatic rings. The molecule has 1 rings (SSSR count). The summed E-state index contributed by atoms with van der Waals surface area (Å²) in [6, 6.07) is 8.64. The van der Waals surface area contributed by atoms with Crippen LogP contribution in [0.25, 0.3) is 0 Å². The van der Waals surface area contributed by atoms with Crippen molar-refractivity contribution in [3.8, 4) is 0 Å². The third-order valence-corrected chi connectivity index (χ3v) is 2.91. The van der Waals surface area contributed by atoms with Crippen LogP contribution in [0.2, 0.25) is 0 Å². The smallest absolute Gasteiger partial charge is 0.0424 e. The van der Waals surface area contributed by atoms with Gasteiger partial charge in [-0.3, -0.25) is 0 Å². The molecule has 1 aromatic rings. The maximum atomic E-state index is 6.18. The van der Waals surface area contributed by atoms with E-state index in [1.54, 1.807) is 0 Å². The van der Waals surface area contributed by atoms with Crippen LogP contribution in [0.15, 0.2) is 24.3 Å². The first kappa shape index (κ1) is 13.2. The highest BCUT2D eigenvalue weighted by Gasteiger charge is 2.08. The Labute approximate surface area is 99.5 Å². The summed E-state index contributed by atoms with van der Waals surface area (Å²) < 4.78 is 0. The normalized spacial score (nSPS) is 13.1. The number of aryl methyl sites for hydroxylation is 1. The third-order valence-electron chi connectivity index (χ3n) is 2.91. The number of benzene rings is 1. The monoisotopic (exact) mass is 220 g/mol. The molecule has 0 aliphatic carbocycles. The summed E-state index contributed by atoms with van der Waals surface area (Å²) in [5.41, 5.74) is 8.69. The lowest BCUT2D eigenvalue weighted by Gasteiger charge is -2.21. The molecule has 0 bridgehead atoms. The lowest BCUT2D eigenvalue weighted by molar-refractivity contribution is 0.307. The van der Waals surface area contributed by atoms with Gasteiger partial charge in [0.15, 0.2) is 0 Å². The molecular weight excluding hydrogens is 196 g/mol. The van der Waals surface area contributed by atoms with E-state index in [1.165, 1.54) is 24.0 Å². The number of rotatable bonds is 6. The van der Waals surface area contributed by atoms with Crippen molar-refractivity contribution < 1.29 is 0 Å². The van der Waals surface area contributed by atoms with Gasteiger partial charge in [-0.25, -0.2) is 0 Å². The Morgan fingerprint density at radius 3 is 2.44 bits per heavy atom. The SMILES string of the molecule is CCCCN(C)CC(N)c1ccc(C)cc1. The lowest BCUT2D eigenvalue weighted by Crippen LogP contribution is -2.29. The van der Waals surface area contributed by atoms with Gasteiger partial charge in [-0.05, 0) is 32.5 Å². The van der Waals surface area contributed by atoms with E-state index in [1.807, 2.05) is 0 Å². The Bertz CT molecular complexity index is 292. The first-order valence-corrected chi connectivity index (χ1v) is 6.14. The molecule has 0 spiro atoms. The molecule has 1 aromatic carbocycles. The van der Waals surface area contributed by atoms with E-state index in [4.69, 9.17) is 5.73 Å². The van der Waals surface area contributed by atoms with E-state index in [0.717, 1.165) is 13.1 Å². The molecule has 2 N–H and O–H groups in total. The second-order valence-electron chi connectivity index (χ2n) is 4.63. The fourth-order valence-corrected chi connectivity index (χ4v) is 1.77. The maximum absolute atomic E-state index is 6.18. The predicted octanol–water partition coefficient (Wildman–Crippen LogP) is 2.73. The molecule has 0 aromatic heterocycles. The molecular formula is C14H24N2. The summed E-state index contributed by atoms with van der Waals surface area (Å²) in [5.74, 6) is 0. The number of likely N-dealkylation sites (N-methyl/N-ethyl adjacent to an activating group) is 1. The van der Waals surface area contributed by atoms with Gasteiger partial charge in [-0.2, -0.15) is 0 Å². The Kier molecular flexibility index (Phi) is 5.50. The Morgan fingerprint density at radius 1 is 1.25 bits per heavy atom. The first-order valence-electron chi connectivity index (χ1n) is 6.14. The Balaban J connectivity index is 2.45. The van der Waals surface area contributed by atoms with Crippen molar-refractivity contribution >= 4 is 0 Å². The molecule has 0 saturated carbocycles. The van der Waals surface area contributed by atoms with Gasteiger partial charge in [-0.15, -0.1) is 0 Å². The van der Waals surface area contributed by atoms with Crippen LogP contribution in [0.3, 0.4) is 0 Å². The van der Waals surface area contributed by atoms with Crippen molar-refractivity contribution in [1.29, 1.82) is 0 Å². The fourth-order valence-electron chi connectivity index (χ4n) is 1.77. The number of hydrogen-bond acceptors (Lipinski definition) is 2. The first-order chi connectivity index (χ1) is 7.63. The maximum Gasteiger partial charge on any atom is 0.0424 e. The average molecular weight is 220 g/mol.